The molecule has 1 heterocycles. The summed E-state index contributed by atoms with van der Waals surface area (Å²) in [4.78, 5) is 24.8. The van der Waals surface area contributed by atoms with Crippen LogP contribution in [0.3, 0.4) is 0 Å². The van der Waals surface area contributed by atoms with Crippen LogP contribution in [-0.2, 0) is 6.54 Å². The maximum absolute atomic E-state index is 12.5. The molecule has 0 radical (unpaired) electrons. The minimum Gasteiger partial charge on any atom is -0.331 e. The van der Waals surface area contributed by atoms with Gasteiger partial charge in [0.25, 0.3) is 11.6 Å². The first kappa shape index (κ1) is 13.1. The molecule has 1 aliphatic heterocycles. The predicted molar refractivity (Wildman–Crippen MR) is 74.4 cm³/mol. The van der Waals surface area contributed by atoms with Gasteiger partial charge in [0.2, 0.25) is 0 Å². The van der Waals surface area contributed by atoms with Gasteiger partial charge in [-0.05, 0) is 30.4 Å². The highest BCUT2D eigenvalue weighted by Crippen LogP contribution is 2.34. The van der Waals surface area contributed by atoms with E-state index in [4.69, 9.17) is 0 Å². The van der Waals surface area contributed by atoms with Gasteiger partial charge in [0.15, 0.2) is 0 Å². The summed E-state index contributed by atoms with van der Waals surface area (Å²) in [5, 5.41) is 10.8. The molecule has 2 aliphatic rings. The second-order valence-corrected chi connectivity index (χ2v) is 5.96. The molecule has 1 fully saturated rings. The smallest absolute Gasteiger partial charge is 0.270 e. The number of nitrogens with zero attached hydrogens (tertiary/aromatic N) is 2. The lowest BCUT2D eigenvalue weighted by Gasteiger charge is -2.33. The Balaban J connectivity index is 1.85. The Morgan fingerprint density at radius 3 is 2.85 bits per heavy atom. The Hall–Kier alpha value is -1.91. The molecule has 5 heteroatoms. The van der Waals surface area contributed by atoms with Crippen molar-refractivity contribution in [2.45, 2.75) is 45.2 Å². The van der Waals surface area contributed by atoms with Crippen LogP contribution in [0, 0.1) is 16.0 Å². The Labute approximate surface area is 117 Å². The molecule has 1 aliphatic carbocycles. The first-order chi connectivity index (χ1) is 9.56. The third-order valence-electron chi connectivity index (χ3n) is 4.49. The number of nitro groups is 1. The molecule has 3 rings (SSSR count). The topological polar surface area (TPSA) is 63.4 Å². The molecular formula is C15H18N2O3. The summed E-state index contributed by atoms with van der Waals surface area (Å²) in [6.07, 6.45) is 4.48. The number of amides is 1. The lowest BCUT2D eigenvalue weighted by atomic mass is 9.86. The number of nitro benzene ring substituents is 1. The van der Waals surface area contributed by atoms with Crippen molar-refractivity contribution in [3.63, 3.8) is 0 Å². The average Bonchev–Trinajstić information content (AvgIpc) is 2.76. The van der Waals surface area contributed by atoms with Gasteiger partial charge in [-0.1, -0.05) is 19.8 Å². The summed E-state index contributed by atoms with van der Waals surface area (Å²) >= 11 is 0. The predicted octanol–water partition coefficient (Wildman–Crippen LogP) is 3.13. The van der Waals surface area contributed by atoms with Crippen molar-refractivity contribution in [3.8, 4) is 0 Å². The van der Waals surface area contributed by atoms with Crippen molar-refractivity contribution in [1.82, 2.24) is 4.90 Å². The number of rotatable bonds is 2. The molecule has 1 saturated carbocycles. The van der Waals surface area contributed by atoms with Crippen LogP contribution in [0.4, 0.5) is 5.69 Å². The molecule has 2 atom stereocenters. The zero-order valence-electron chi connectivity index (χ0n) is 11.5. The summed E-state index contributed by atoms with van der Waals surface area (Å²) in [5.41, 5.74) is 1.42. The van der Waals surface area contributed by atoms with Crippen LogP contribution in [0.15, 0.2) is 18.2 Å². The summed E-state index contributed by atoms with van der Waals surface area (Å²) in [6.45, 7) is 2.83. The van der Waals surface area contributed by atoms with Crippen LogP contribution in [0.2, 0.25) is 0 Å². The average molecular weight is 274 g/mol. The van der Waals surface area contributed by atoms with Crippen molar-refractivity contribution in [1.29, 1.82) is 0 Å². The highest BCUT2D eigenvalue weighted by Gasteiger charge is 2.35. The molecule has 0 spiro atoms. The molecule has 0 aromatic heterocycles. The van der Waals surface area contributed by atoms with E-state index in [9.17, 15) is 14.9 Å². The number of hydrogen-bond donors (Lipinski definition) is 0. The SMILES string of the molecule is C[C@@H]1CCC[C@H](N2Cc3ccc([N+](=O)[O-])cc3C2=O)C1. The standard InChI is InChI=1S/C15H18N2O3/c1-10-3-2-4-12(7-10)16-9-11-5-6-13(17(19)20)8-14(11)15(16)18/h5-6,8,10,12H,2-4,7,9H2,1H3/t10-,12+/m1/s1. The van der Waals surface area contributed by atoms with E-state index in [2.05, 4.69) is 6.92 Å². The van der Waals surface area contributed by atoms with Gasteiger partial charge in [-0.25, -0.2) is 0 Å². The highest BCUT2D eigenvalue weighted by molar-refractivity contribution is 5.99. The van der Waals surface area contributed by atoms with Gasteiger partial charge in [-0.15, -0.1) is 0 Å². The zero-order valence-corrected chi connectivity index (χ0v) is 11.5. The Morgan fingerprint density at radius 1 is 1.35 bits per heavy atom. The number of carbonyl (C=O) groups is 1. The lowest BCUT2D eigenvalue weighted by molar-refractivity contribution is -0.384. The first-order valence-corrected chi connectivity index (χ1v) is 7.14. The van der Waals surface area contributed by atoms with Gasteiger partial charge in [0.1, 0.15) is 0 Å². The quantitative estimate of drug-likeness (QED) is 0.614. The molecule has 0 bridgehead atoms. The summed E-state index contributed by atoms with van der Waals surface area (Å²) in [5.74, 6) is 0.613. The van der Waals surface area contributed by atoms with Crippen LogP contribution in [0.5, 0.6) is 0 Å². The van der Waals surface area contributed by atoms with E-state index in [-0.39, 0.29) is 17.6 Å². The molecule has 1 amide bonds. The van der Waals surface area contributed by atoms with E-state index in [0.717, 1.165) is 24.8 Å². The van der Waals surface area contributed by atoms with E-state index in [0.29, 0.717) is 18.0 Å². The molecule has 5 nitrogen and oxygen atoms in total. The van der Waals surface area contributed by atoms with E-state index in [1.54, 1.807) is 6.07 Å². The van der Waals surface area contributed by atoms with E-state index in [1.165, 1.54) is 18.6 Å². The molecule has 106 valence electrons. The van der Waals surface area contributed by atoms with Crippen molar-refractivity contribution >= 4 is 11.6 Å². The molecule has 1 aromatic rings. The fourth-order valence-electron chi connectivity index (χ4n) is 3.41. The lowest BCUT2D eigenvalue weighted by Crippen LogP contribution is -2.38. The molecule has 20 heavy (non-hydrogen) atoms. The monoisotopic (exact) mass is 274 g/mol. The number of non-ortho nitro benzene ring substituents is 1. The minimum atomic E-state index is -0.446. The molecule has 0 unspecified atom stereocenters. The van der Waals surface area contributed by atoms with Crippen molar-refractivity contribution in [3.05, 3.63) is 39.4 Å². The second-order valence-electron chi connectivity index (χ2n) is 5.96. The third-order valence-corrected chi connectivity index (χ3v) is 4.49. The maximum Gasteiger partial charge on any atom is 0.270 e. The van der Waals surface area contributed by atoms with Gasteiger partial charge in [-0.3, -0.25) is 14.9 Å². The van der Waals surface area contributed by atoms with Crippen molar-refractivity contribution < 1.29 is 9.72 Å². The van der Waals surface area contributed by atoms with E-state index >= 15 is 0 Å². The third kappa shape index (κ3) is 2.17. The Morgan fingerprint density at radius 2 is 2.15 bits per heavy atom. The maximum atomic E-state index is 12.5. The van der Waals surface area contributed by atoms with Crippen LogP contribution < -0.4 is 0 Å². The van der Waals surface area contributed by atoms with Crippen LogP contribution in [0.1, 0.15) is 48.5 Å². The Bertz CT molecular complexity index is 570. The number of carbonyl (C=O) groups excluding carboxylic acids is 1. The fourth-order valence-corrected chi connectivity index (χ4v) is 3.41. The van der Waals surface area contributed by atoms with Crippen LogP contribution in [-0.4, -0.2) is 21.8 Å². The normalized spacial score (nSPS) is 25.6. The first-order valence-electron chi connectivity index (χ1n) is 7.14. The number of benzene rings is 1. The van der Waals surface area contributed by atoms with Gasteiger partial charge >= 0.3 is 0 Å². The highest BCUT2D eigenvalue weighted by atomic mass is 16.6. The summed E-state index contributed by atoms with van der Waals surface area (Å²) in [7, 11) is 0. The minimum absolute atomic E-state index is 0.00374. The summed E-state index contributed by atoms with van der Waals surface area (Å²) < 4.78 is 0. The van der Waals surface area contributed by atoms with Gasteiger partial charge < -0.3 is 4.90 Å². The largest absolute Gasteiger partial charge is 0.331 e. The van der Waals surface area contributed by atoms with Gasteiger partial charge in [0.05, 0.1) is 10.5 Å². The number of hydrogen-bond acceptors (Lipinski definition) is 3. The zero-order chi connectivity index (χ0) is 14.3. The van der Waals surface area contributed by atoms with Crippen LogP contribution in [0.25, 0.3) is 0 Å². The summed E-state index contributed by atoms with van der Waals surface area (Å²) in [6, 6.07) is 4.92. The van der Waals surface area contributed by atoms with E-state index in [1.807, 2.05) is 4.90 Å². The van der Waals surface area contributed by atoms with Crippen LogP contribution >= 0.6 is 0 Å². The van der Waals surface area contributed by atoms with E-state index < -0.39 is 4.92 Å². The van der Waals surface area contributed by atoms with Gasteiger partial charge in [0, 0.05) is 24.7 Å². The molecular weight excluding hydrogens is 256 g/mol. The Kier molecular flexibility index (Phi) is 3.20. The fraction of sp³-hybridized carbons (Fsp3) is 0.533. The molecule has 0 N–H and O–H groups in total. The van der Waals surface area contributed by atoms with Crippen molar-refractivity contribution in [2.75, 3.05) is 0 Å². The molecule has 1 aromatic carbocycles. The van der Waals surface area contributed by atoms with Gasteiger partial charge in [-0.2, -0.15) is 0 Å². The number of fused-ring (bicyclic) bond motifs is 1. The molecule has 0 saturated heterocycles. The van der Waals surface area contributed by atoms with Crippen molar-refractivity contribution in [2.24, 2.45) is 5.92 Å². The second kappa shape index (κ2) is 4.89.